The molecule has 1 aliphatic carbocycles. The topological polar surface area (TPSA) is 78.8 Å². The zero-order valence-corrected chi connectivity index (χ0v) is 15.2. The highest BCUT2D eigenvalue weighted by Gasteiger charge is 2.36. The van der Waals surface area contributed by atoms with Crippen LogP contribution in [0.15, 0.2) is 42.5 Å². The Labute approximate surface area is 159 Å². The van der Waals surface area contributed by atoms with Gasteiger partial charge in [0, 0.05) is 12.8 Å². The number of carbonyl (C=O) groups is 1. The number of aryl methyl sites for hydroxylation is 1. The number of aliphatic hydroxyl groups is 1. The quantitative estimate of drug-likeness (QED) is 0.734. The Morgan fingerprint density at radius 2 is 2.07 bits per heavy atom. The lowest BCUT2D eigenvalue weighted by atomic mass is 9.74. The number of amides is 1. The van der Waals surface area contributed by atoms with E-state index in [1.165, 1.54) is 5.56 Å². The molecule has 4 rings (SSSR count). The van der Waals surface area contributed by atoms with Gasteiger partial charge in [-0.25, -0.2) is 0 Å². The summed E-state index contributed by atoms with van der Waals surface area (Å²) < 4.78 is 5.58. The number of rotatable bonds is 6. The third kappa shape index (κ3) is 4.08. The van der Waals surface area contributed by atoms with Gasteiger partial charge in [-0.3, -0.25) is 4.79 Å². The maximum atomic E-state index is 12.6. The molecule has 3 N–H and O–H groups in total. The molecule has 2 aliphatic rings. The minimum atomic E-state index is -0.264. The molecule has 0 aromatic heterocycles. The van der Waals surface area contributed by atoms with Gasteiger partial charge >= 0.3 is 0 Å². The van der Waals surface area contributed by atoms with Crippen molar-refractivity contribution in [3.05, 3.63) is 59.2 Å². The highest BCUT2D eigenvalue weighted by Crippen LogP contribution is 2.39. The van der Waals surface area contributed by atoms with Crippen LogP contribution in [0.4, 0.5) is 0 Å². The minimum Gasteiger partial charge on any atom is -0.508 e. The summed E-state index contributed by atoms with van der Waals surface area (Å²) in [6, 6.07) is 13.1. The number of benzene rings is 2. The van der Waals surface area contributed by atoms with Gasteiger partial charge in [-0.1, -0.05) is 18.2 Å². The Bertz CT molecular complexity index is 829. The molecule has 1 heterocycles. The van der Waals surface area contributed by atoms with Crippen molar-refractivity contribution in [1.29, 1.82) is 0 Å². The number of carbonyl (C=O) groups excluding carboxylic acids is 1. The molecule has 0 unspecified atom stereocenters. The molecular formula is C22H25NO4. The fourth-order valence-corrected chi connectivity index (χ4v) is 3.99. The molecule has 1 aliphatic heterocycles. The number of ether oxygens (including phenoxy) is 1. The van der Waals surface area contributed by atoms with Crippen LogP contribution in [0.3, 0.4) is 0 Å². The highest BCUT2D eigenvalue weighted by molar-refractivity contribution is 5.76. The largest absolute Gasteiger partial charge is 0.508 e. The van der Waals surface area contributed by atoms with Crippen LogP contribution < -0.4 is 10.1 Å². The first kappa shape index (κ1) is 17.9. The Kier molecular flexibility index (Phi) is 5.03. The number of phenols is 1. The van der Waals surface area contributed by atoms with Crippen molar-refractivity contribution in [3.63, 3.8) is 0 Å². The Balaban J connectivity index is 1.44. The fraction of sp³-hybridized carbons (Fsp3) is 0.409. The highest BCUT2D eigenvalue weighted by atomic mass is 16.5. The number of hydrogen-bond acceptors (Lipinski definition) is 4. The average molecular weight is 367 g/mol. The van der Waals surface area contributed by atoms with E-state index >= 15 is 0 Å². The van der Waals surface area contributed by atoms with E-state index in [0.717, 1.165) is 23.3 Å². The molecular weight excluding hydrogens is 342 g/mol. The lowest BCUT2D eigenvalue weighted by Gasteiger charge is -2.38. The summed E-state index contributed by atoms with van der Waals surface area (Å²) in [5, 5.41) is 22.5. The van der Waals surface area contributed by atoms with Crippen molar-refractivity contribution in [2.24, 2.45) is 5.92 Å². The van der Waals surface area contributed by atoms with E-state index in [-0.39, 0.29) is 29.7 Å². The van der Waals surface area contributed by atoms with Gasteiger partial charge in [0.15, 0.2) is 0 Å². The van der Waals surface area contributed by atoms with Crippen molar-refractivity contribution in [3.8, 4) is 11.5 Å². The summed E-state index contributed by atoms with van der Waals surface area (Å²) in [6.07, 6.45) is 3.01. The van der Waals surface area contributed by atoms with Gasteiger partial charge in [0.2, 0.25) is 5.91 Å². The van der Waals surface area contributed by atoms with Crippen molar-refractivity contribution in [2.45, 2.75) is 44.2 Å². The Hall–Kier alpha value is -2.53. The van der Waals surface area contributed by atoms with Gasteiger partial charge in [-0.05, 0) is 66.1 Å². The molecule has 1 amide bonds. The molecule has 5 nitrogen and oxygen atoms in total. The van der Waals surface area contributed by atoms with E-state index in [1.54, 1.807) is 18.2 Å². The van der Waals surface area contributed by atoms with Crippen LogP contribution >= 0.6 is 0 Å². The second-order valence-corrected chi connectivity index (χ2v) is 7.57. The smallest absolute Gasteiger partial charge is 0.220 e. The molecule has 0 bridgehead atoms. The number of aromatic hydroxyl groups is 1. The second-order valence-electron chi connectivity index (χ2n) is 7.57. The van der Waals surface area contributed by atoms with Crippen molar-refractivity contribution in [1.82, 2.24) is 5.32 Å². The molecule has 1 saturated carbocycles. The minimum absolute atomic E-state index is 0.0125. The molecule has 5 heteroatoms. The number of nitrogens with one attached hydrogen (secondary N) is 1. The Morgan fingerprint density at radius 3 is 2.85 bits per heavy atom. The molecule has 0 spiro atoms. The predicted molar refractivity (Wildman–Crippen MR) is 102 cm³/mol. The fourth-order valence-electron chi connectivity index (χ4n) is 3.99. The molecule has 1 atom stereocenters. The summed E-state index contributed by atoms with van der Waals surface area (Å²) >= 11 is 0. The normalized spacial score (nSPS) is 21.7. The number of phenolic OH excluding ortho intramolecular Hbond substituents is 1. The zero-order chi connectivity index (χ0) is 18.8. The first-order valence-corrected chi connectivity index (χ1v) is 9.59. The molecule has 0 saturated heterocycles. The number of fused-ring (bicyclic) bond motifs is 1. The molecule has 27 heavy (non-hydrogen) atoms. The van der Waals surface area contributed by atoms with Crippen molar-refractivity contribution < 1.29 is 19.7 Å². The summed E-state index contributed by atoms with van der Waals surface area (Å²) in [4.78, 5) is 12.6. The van der Waals surface area contributed by atoms with Gasteiger partial charge in [0.1, 0.15) is 11.5 Å². The van der Waals surface area contributed by atoms with Crippen molar-refractivity contribution in [2.75, 3.05) is 6.61 Å². The lowest BCUT2D eigenvalue weighted by Crippen LogP contribution is -2.41. The third-order valence-electron chi connectivity index (χ3n) is 5.56. The van der Waals surface area contributed by atoms with Gasteiger partial charge in [-0.15, -0.1) is 0 Å². The lowest BCUT2D eigenvalue weighted by molar-refractivity contribution is -0.123. The summed E-state index contributed by atoms with van der Waals surface area (Å²) in [6.45, 7) is 0.710. The van der Waals surface area contributed by atoms with E-state index in [0.29, 0.717) is 32.3 Å². The molecule has 1 fully saturated rings. The van der Waals surface area contributed by atoms with Crippen LogP contribution in [-0.2, 0) is 17.6 Å². The number of hydrogen-bond donors (Lipinski definition) is 3. The number of aliphatic hydroxyl groups excluding tert-OH is 1. The standard InChI is InChI=1S/C22H25NO4/c24-18-3-1-2-14(10-18)4-7-21(26)23-22(17-12-19(25)13-17)16-5-6-20-15(11-16)8-9-27-20/h1-3,5-6,10-11,17,19,22,24-25H,4,7-9,12-13H2,(H,23,26)/t17?,19?,22-/m0/s1. The van der Waals surface area contributed by atoms with Crippen LogP contribution in [0, 0.1) is 5.92 Å². The third-order valence-corrected chi connectivity index (χ3v) is 5.56. The maximum Gasteiger partial charge on any atom is 0.220 e. The van der Waals surface area contributed by atoms with Crippen LogP contribution in [0.1, 0.15) is 42.0 Å². The zero-order valence-electron chi connectivity index (χ0n) is 15.2. The average Bonchev–Trinajstić information content (AvgIpc) is 3.10. The van der Waals surface area contributed by atoms with E-state index in [2.05, 4.69) is 11.4 Å². The van der Waals surface area contributed by atoms with Gasteiger partial charge < -0.3 is 20.3 Å². The molecule has 2 aromatic rings. The predicted octanol–water partition coefficient (Wildman–Crippen LogP) is 2.89. The van der Waals surface area contributed by atoms with E-state index < -0.39 is 0 Å². The Morgan fingerprint density at radius 1 is 1.22 bits per heavy atom. The van der Waals surface area contributed by atoms with Crippen LogP contribution in [0.2, 0.25) is 0 Å². The van der Waals surface area contributed by atoms with Gasteiger partial charge in [0.05, 0.1) is 18.8 Å². The van der Waals surface area contributed by atoms with Gasteiger partial charge in [0.25, 0.3) is 0 Å². The van der Waals surface area contributed by atoms with E-state index in [1.807, 2.05) is 18.2 Å². The van der Waals surface area contributed by atoms with E-state index in [4.69, 9.17) is 4.74 Å². The molecule has 142 valence electrons. The first-order chi connectivity index (χ1) is 13.1. The summed E-state index contributed by atoms with van der Waals surface area (Å²) in [5.74, 6) is 1.39. The second kappa shape index (κ2) is 7.61. The van der Waals surface area contributed by atoms with Gasteiger partial charge in [-0.2, -0.15) is 0 Å². The van der Waals surface area contributed by atoms with Crippen LogP contribution in [-0.4, -0.2) is 28.8 Å². The first-order valence-electron chi connectivity index (χ1n) is 9.59. The van der Waals surface area contributed by atoms with E-state index in [9.17, 15) is 15.0 Å². The van der Waals surface area contributed by atoms with Crippen molar-refractivity contribution >= 4 is 5.91 Å². The molecule has 0 radical (unpaired) electrons. The summed E-state index contributed by atoms with van der Waals surface area (Å²) in [5.41, 5.74) is 3.21. The van der Waals surface area contributed by atoms with Crippen LogP contribution in [0.5, 0.6) is 11.5 Å². The summed E-state index contributed by atoms with van der Waals surface area (Å²) in [7, 11) is 0. The molecule has 2 aromatic carbocycles. The SMILES string of the molecule is O=C(CCc1cccc(O)c1)N[C@@H](c1ccc2c(c1)CCO2)C1CC(O)C1. The monoisotopic (exact) mass is 367 g/mol. The van der Waals surface area contributed by atoms with Crippen LogP contribution in [0.25, 0.3) is 0 Å². The maximum absolute atomic E-state index is 12.6.